The van der Waals surface area contributed by atoms with Crippen LogP contribution in [0, 0.1) is 11.3 Å². The lowest BCUT2D eigenvalue weighted by Gasteiger charge is -2.25. The van der Waals surface area contributed by atoms with Gasteiger partial charge in [-0.2, -0.15) is 5.26 Å². The molecule has 1 atom stereocenters. The van der Waals surface area contributed by atoms with Crippen LogP contribution in [0.5, 0.6) is 5.75 Å². The van der Waals surface area contributed by atoms with Crippen LogP contribution in [-0.4, -0.2) is 49.7 Å². The lowest BCUT2D eigenvalue weighted by atomic mass is 9.96. The fraction of sp³-hybridized carbons (Fsp3) is 0.417. The number of carbonyl (C=O) groups excluding carboxylic acids is 3. The highest BCUT2D eigenvalue weighted by molar-refractivity contribution is 7.16. The van der Waals surface area contributed by atoms with Crippen molar-refractivity contribution in [1.82, 2.24) is 4.90 Å². The molecule has 2 aromatic rings. The Balaban J connectivity index is 1.67. The minimum atomic E-state index is -0.642. The number of nitrogens with one attached hydrogen (secondary N) is 1. The summed E-state index contributed by atoms with van der Waals surface area (Å²) in [7, 11) is 1.22. The molecule has 1 aliphatic heterocycles. The predicted octanol–water partition coefficient (Wildman–Crippen LogP) is 3.82. The average Bonchev–Trinajstić information content (AvgIpc) is 3.18. The van der Waals surface area contributed by atoms with Gasteiger partial charge in [0, 0.05) is 17.8 Å². The standard InChI is InChI=1S/C24H27N3O6S/c1-4-32-19-8-6-5-7-16(19)15(2)11-21(28)26-23-18(12-25)17-9-10-27(13-20(17)34-23)24(30)33-14-22(29)31-3/h5-8,15H,4,9-11,13-14H2,1-3H3,(H,26,28)/t15-/m0/s1. The fourth-order valence-electron chi connectivity index (χ4n) is 3.78. The molecule has 1 N–H and O–H groups in total. The topological polar surface area (TPSA) is 118 Å². The number of nitriles is 1. The minimum Gasteiger partial charge on any atom is -0.494 e. The van der Waals surface area contributed by atoms with Crippen molar-refractivity contribution < 1.29 is 28.6 Å². The summed E-state index contributed by atoms with van der Waals surface area (Å²) in [4.78, 5) is 38.5. The van der Waals surface area contributed by atoms with Gasteiger partial charge < -0.3 is 24.4 Å². The molecular formula is C24H27N3O6S. The summed E-state index contributed by atoms with van der Waals surface area (Å²) in [5.41, 5.74) is 2.21. The zero-order valence-corrected chi connectivity index (χ0v) is 20.2. The Labute approximate surface area is 202 Å². The molecule has 0 saturated carbocycles. The van der Waals surface area contributed by atoms with Crippen LogP contribution in [0.3, 0.4) is 0 Å². The van der Waals surface area contributed by atoms with Gasteiger partial charge >= 0.3 is 12.1 Å². The first-order valence-electron chi connectivity index (χ1n) is 10.9. The SMILES string of the molecule is CCOc1ccccc1[C@@H](C)CC(=O)Nc1sc2c(c1C#N)CCN(C(=O)OCC(=O)OC)C2. The maximum Gasteiger partial charge on any atom is 0.410 e. The molecule has 0 spiro atoms. The molecule has 9 nitrogen and oxygen atoms in total. The maximum absolute atomic E-state index is 12.8. The number of ether oxygens (including phenoxy) is 3. The molecule has 10 heteroatoms. The van der Waals surface area contributed by atoms with Crippen LogP contribution in [-0.2, 0) is 32.0 Å². The molecule has 34 heavy (non-hydrogen) atoms. The van der Waals surface area contributed by atoms with Crippen LogP contribution >= 0.6 is 11.3 Å². The smallest absolute Gasteiger partial charge is 0.410 e. The van der Waals surface area contributed by atoms with Crippen LogP contribution < -0.4 is 10.1 Å². The number of esters is 1. The normalized spacial score (nSPS) is 13.3. The van der Waals surface area contributed by atoms with E-state index in [-0.39, 0.29) is 24.8 Å². The van der Waals surface area contributed by atoms with Crippen molar-refractivity contribution in [2.75, 3.05) is 32.2 Å². The van der Waals surface area contributed by atoms with Gasteiger partial charge in [0.25, 0.3) is 0 Å². The molecule has 1 aromatic carbocycles. The first-order chi connectivity index (χ1) is 16.4. The number of hydrogen-bond acceptors (Lipinski definition) is 8. The van der Waals surface area contributed by atoms with Crippen molar-refractivity contribution in [1.29, 1.82) is 5.26 Å². The number of fused-ring (bicyclic) bond motifs is 1. The van der Waals surface area contributed by atoms with E-state index in [2.05, 4.69) is 16.1 Å². The average molecular weight is 486 g/mol. The molecule has 180 valence electrons. The van der Waals surface area contributed by atoms with Crippen LogP contribution in [0.25, 0.3) is 0 Å². The number of carbonyl (C=O) groups is 3. The molecule has 0 fully saturated rings. The third kappa shape index (κ3) is 5.85. The molecule has 1 aliphatic rings. The Kier molecular flexibility index (Phi) is 8.49. The number of amides is 2. The van der Waals surface area contributed by atoms with Crippen LogP contribution in [0.1, 0.15) is 47.8 Å². The lowest BCUT2D eigenvalue weighted by Crippen LogP contribution is -2.36. The summed E-state index contributed by atoms with van der Waals surface area (Å²) in [5.74, 6) is -0.169. The van der Waals surface area contributed by atoms with Crippen molar-refractivity contribution in [3.05, 3.63) is 45.8 Å². The molecule has 0 radical (unpaired) electrons. The monoisotopic (exact) mass is 485 g/mol. The summed E-state index contributed by atoms with van der Waals surface area (Å²) >= 11 is 1.28. The molecule has 0 unspecified atom stereocenters. The van der Waals surface area contributed by atoms with Crippen molar-refractivity contribution in [2.24, 2.45) is 0 Å². The number of nitrogens with zero attached hydrogens (tertiary/aromatic N) is 2. The number of hydrogen-bond donors (Lipinski definition) is 1. The van der Waals surface area contributed by atoms with Gasteiger partial charge in [0.1, 0.15) is 16.8 Å². The van der Waals surface area contributed by atoms with E-state index in [1.54, 1.807) is 0 Å². The van der Waals surface area contributed by atoms with E-state index in [0.29, 0.717) is 30.1 Å². The summed E-state index contributed by atoms with van der Waals surface area (Å²) < 4.78 is 15.1. The van der Waals surface area contributed by atoms with Crippen LogP contribution in [0.4, 0.5) is 9.80 Å². The van der Waals surface area contributed by atoms with Crippen LogP contribution in [0.2, 0.25) is 0 Å². The predicted molar refractivity (Wildman–Crippen MR) is 126 cm³/mol. The molecule has 3 rings (SSSR count). The summed E-state index contributed by atoms with van der Waals surface area (Å²) in [6, 6.07) is 9.83. The van der Waals surface area contributed by atoms with Crippen LogP contribution in [0.15, 0.2) is 24.3 Å². The van der Waals surface area contributed by atoms with Gasteiger partial charge in [-0.15, -0.1) is 11.3 Å². The molecule has 2 heterocycles. The van der Waals surface area contributed by atoms with E-state index in [9.17, 15) is 19.6 Å². The molecule has 1 aromatic heterocycles. The first-order valence-corrected chi connectivity index (χ1v) is 11.7. The van der Waals surface area contributed by atoms with E-state index in [1.165, 1.54) is 23.3 Å². The lowest BCUT2D eigenvalue weighted by molar-refractivity contribution is -0.144. The van der Waals surface area contributed by atoms with Gasteiger partial charge in [0.2, 0.25) is 5.91 Å². The van der Waals surface area contributed by atoms with E-state index in [0.717, 1.165) is 21.8 Å². The highest BCUT2D eigenvalue weighted by atomic mass is 32.1. The Bertz CT molecular complexity index is 1110. The number of anilines is 1. The molecule has 0 aliphatic carbocycles. The number of thiophene rings is 1. The molecular weight excluding hydrogens is 458 g/mol. The minimum absolute atomic E-state index is 0.0806. The largest absolute Gasteiger partial charge is 0.494 e. The number of rotatable bonds is 8. The number of para-hydroxylation sites is 1. The quantitative estimate of drug-likeness (QED) is 0.565. The zero-order chi connectivity index (χ0) is 24.7. The molecule has 0 bridgehead atoms. The van der Waals surface area contributed by atoms with Crippen molar-refractivity contribution in [3.63, 3.8) is 0 Å². The zero-order valence-electron chi connectivity index (χ0n) is 19.4. The second-order valence-corrected chi connectivity index (χ2v) is 8.85. The number of methoxy groups -OCH3 is 1. The fourth-order valence-corrected chi connectivity index (χ4v) is 5.01. The number of benzene rings is 1. The van der Waals surface area contributed by atoms with Gasteiger partial charge in [0.05, 0.1) is 25.8 Å². The van der Waals surface area contributed by atoms with Gasteiger partial charge in [-0.1, -0.05) is 25.1 Å². The molecule has 0 saturated heterocycles. The summed E-state index contributed by atoms with van der Waals surface area (Å²) in [6.45, 7) is 4.53. The third-order valence-corrected chi connectivity index (χ3v) is 6.59. The van der Waals surface area contributed by atoms with Gasteiger partial charge in [-0.3, -0.25) is 4.79 Å². The van der Waals surface area contributed by atoms with Gasteiger partial charge in [0.15, 0.2) is 6.61 Å². The van der Waals surface area contributed by atoms with E-state index < -0.39 is 18.7 Å². The maximum atomic E-state index is 12.8. The third-order valence-electron chi connectivity index (χ3n) is 5.46. The molecule has 2 amide bonds. The highest BCUT2D eigenvalue weighted by Gasteiger charge is 2.29. The van der Waals surface area contributed by atoms with E-state index >= 15 is 0 Å². The van der Waals surface area contributed by atoms with E-state index in [1.807, 2.05) is 38.1 Å². The first kappa shape index (κ1) is 25.1. The Morgan fingerprint density at radius 2 is 2.06 bits per heavy atom. The Hall–Kier alpha value is -3.58. The second-order valence-electron chi connectivity index (χ2n) is 7.75. The summed E-state index contributed by atoms with van der Waals surface area (Å²) in [6.07, 6.45) is 0.0508. The van der Waals surface area contributed by atoms with Gasteiger partial charge in [-0.25, -0.2) is 9.59 Å². The van der Waals surface area contributed by atoms with Gasteiger partial charge in [-0.05, 0) is 36.5 Å². The highest BCUT2D eigenvalue weighted by Crippen LogP contribution is 2.37. The Morgan fingerprint density at radius 1 is 1.29 bits per heavy atom. The second kappa shape index (κ2) is 11.5. The Morgan fingerprint density at radius 3 is 2.76 bits per heavy atom. The van der Waals surface area contributed by atoms with Crippen molar-refractivity contribution in [3.8, 4) is 11.8 Å². The summed E-state index contributed by atoms with van der Waals surface area (Å²) in [5, 5.41) is 13.1. The van der Waals surface area contributed by atoms with E-state index in [4.69, 9.17) is 9.47 Å². The van der Waals surface area contributed by atoms with Crippen molar-refractivity contribution in [2.45, 2.75) is 39.2 Å². The van der Waals surface area contributed by atoms with Crippen molar-refractivity contribution >= 4 is 34.3 Å².